The summed E-state index contributed by atoms with van der Waals surface area (Å²) in [6, 6.07) is 3.70. The lowest BCUT2D eigenvalue weighted by atomic mass is 9.77. The van der Waals surface area contributed by atoms with E-state index in [4.69, 9.17) is 17.3 Å². The molecule has 1 fully saturated rings. The normalized spacial score (nSPS) is 20.2. The molecule has 4 heteroatoms. The summed E-state index contributed by atoms with van der Waals surface area (Å²) >= 11 is 5.66. The van der Waals surface area contributed by atoms with Crippen molar-refractivity contribution in [2.45, 2.75) is 31.4 Å². The fourth-order valence-electron chi connectivity index (χ4n) is 2.03. The van der Waals surface area contributed by atoms with Gasteiger partial charge >= 0.3 is 0 Å². The SMILES string of the molecule is N[C@@H](c1ccc(Cl)cc1F)[C@H](O)C1CCC1. The van der Waals surface area contributed by atoms with Gasteiger partial charge in [-0.2, -0.15) is 0 Å². The Balaban J connectivity index is 2.15. The number of hydrogen-bond donors (Lipinski definition) is 2. The first-order valence-electron chi connectivity index (χ1n) is 5.48. The van der Waals surface area contributed by atoms with Crippen LogP contribution in [0.3, 0.4) is 0 Å². The van der Waals surface area contributed by atoms with Crippen LogP contribution in [-0.4, -0.2) is 11.2 Å². The summed E-state index contributed by atoms with van der Waals surface area (Å²) in [5, 5.41) is 10.3. The number of hydrogen-bond acceptors (Lipinski definition) is 2. The second-order valence-corrected chi connectivity index (χ2v) is 4.81. The van der Waals surface area contributed by atoms with Crippen molar-refractivity contribution in [3.8, 4) is 0 Å². The van der Waals surface area contributed by atoms with Crippen molar-refractivity contribution < 1.29 is 9.50 Å². The first-order chi connectivity index (χ1) is 7.59. The molecular weight excluding hydrogens is 229 g/mol. The lowest BCUT2D eigenvalue weighted by Gasteiger charge is -2.33. The predicted molar refractivity (Wildman–Crippen MR) is 61.7 cm³/mol. The summed E-state index contributed by atoms with van der Waals surface area (Å²) in [6.07, 6.45) is 2.41. The minimum atomic E-state index is -0.664. The summed E-state index contributed by atoms with van der Waals surface area (Å²) < 4.78 is 13.6. The van der Waals surface area contributed by atoms with Gasteiger partial charge in [-0.3, -0.25) is 0 Å². The molecule has 1 saturated carbocycles. The zero-order valence-electron chi connectivity index (χ0n) is 8.87. The van der Waals surface area contributed by atoms with Gasteiger partial charge in [-0.15, -0.1) is 0 Å². The van der Waals surface area contributed by atoms with Gasteiger partial charge in [0.05, 0.1) is 12.1 Å². The molecule has 0 unspecified atom stereocenters. The molecule has 1 aliphatic rings. The number of aliphatic hydroxyl groups is 1. The lowest BCUT2D eigenvalue weighted by molar-refractivity contribution is 0.0405. The summed E-state index contributed by atoms with van der Waals surface area (Å²) in [4.78, 5) is 0. The highest BCUT2D eigenvalue weighted by Crippen LogP contribution is 2.35. The molecule has 0 aliphatic heterocycles. The van der Waals surface area contributed by atoms with E-state index in [-0.39, 0.29) is 5.92 Å². The van der Waals surface area contributed by atoms with E-state index < -0.39 is 18.0 Å². The van der Waals surface area contributed by atoms with Crippen LogP contribution in [0.25, 0.3) is 0 Å². The van der Waals surface area contributed by atoms with Gasteiger partial charge in [0, 0.05) is 10.6 Å². The van der Waals surface area contributed by atoms with Crippen molar-refractivity contribution in [1.82, 2.24) is 0 Å². The Hall–Kier alpha value is -0.640. The van der Waals surface area contributed by atoms with Crippen molar-refractivity contribution >= 4 is 11.6 Å². The monoisotopic (exact) mass is 243 g/mol. The summed E-state index contributed by atoms with van der Waals surface area (Å²) in [6.45, 7) is 0. The van der Waals surface area contributed by atoms with Gasteiger partial charge < -0.3 is 10.8 Å². The first-order valence-corrected chi connectivity index (χ1v) is 5.86. The number of rotatable bonds is 3. The van der Waals surface area contributed by atoms with Gasteiger partial charge in [-0.1, -0.05) is 24.1 Å². The molecule has 0 amide bonds. The Morgan fingerprint density at radius 1 is 1.44 bits per heavy atom. The van der Waals surface area contributed by atoms with Crippen LogP contribution in [0.2, 0.25) is 5.02 Å². The molecule has 1 aromatic carbocycles. The third-order valence-corrected chi connectivity index (χ3v) is 3.56. The molecule has 2 nitrogen and oxygen atoms in total. The van der Waals surface area contributed by atoms with Crippen molar-refractivity contribution in [3.63, 3.8) is 0 Å². The van der Waals surface area contributed by atoms with Crippen LogP contribution in [0.4, 0.5) is 4.39 Å². The second kappa shape index (κ2) is 4.70. The predicted octanol–water partition coefficient (Wildman–Crippen LogP) is 2.64. The third kappa shape index (κ3) is 2.21. The molecule has 88 valence electrons. The van der Waals surface area contributed by atoms with Crippen molar-refractivity contribution in [2.24, 2.45) is 11.7 Å². The minimum absolute atomic E-state index is 0.213. The van der Waals surface area contributed by atoms with Crippen LogP contribution < -0.4 is 5.73 Å². The maximum Gasteiger partial charge on any atom is 0.129 e. The van der Waals surface area contributed by atoms with E-state index in [0.29, 0.717) is 10.6 Å². The van der Waals surface area contributed by atoms with E-state index >= 15 is 0 Å². The average Bonchev–Trinajstić information content (AvgIpc) is 2.14. The minimum Gasteiger partial charge on any atom is -0.391 e. The van der Waals surface area contributed by atoms with E-state index in [9.17, 15) is 9.50 Å². The molecule has 0 bridgehead atoms. The van der Waals surface area contributed by atoms with Crippen molar-refractivity contribution in [2.75, 3.05) is 0 Å². The maximum absolute atomic E-state index is 13.6. The van der Waals surface area contributed by atoms with Crippen molar-refractivity contribution in [1.29, 1.82) is 0 Å². The topological polar surface area (TPSA) is 46.2 Å². The van der Waals surface area contributed by atoms with E-state index in [1.54, 1.807) is 12.1 Å². The van der Waals surface area contributed by atoms with Crippen LogP contribution in [-0.2, 0) is 0 Å². The highest BCUT2D eigenvalue weighted by atomic mass is 35.5. The molecule has 0 saturated heterocycles. The highest BCUT2D eigenvalue weighted by Gasteiger charge is 2.31. The zero-order chi connectivity index (χ0) is 11.7. The fraction of sp³-hybridized carbons (Fsp3) is 0.500. The largest absolute Gasteiger partial charge is 0.391 e. The molecular formula is C12H15ClFNO. The van der Waals surface area contributed by atoms with Gasteiger partial charge in [0.25, 0.3) is 0 Å². The first kappa shape index (κ1) is 11.8. The van der Waals surface area contributed by atoms with Gasteiger partial charge in [-0.25, -0.2) is 4.39 Å². The lowest BCUT2D eigenvalue weighted by Crippen LogP contribution is -2.36. The van der Waals surface area contributed by atoms with Crippen LogP contribution in [0.15, 0.2) is 18.2 Å². The quantitative estimate of drug-likeness (QED) is 0.857. The summed E-state index contributed by atoms with van der Waals surface area (Å²) in [5.41, 5.74) is 6.20. The Bertz CT molecular complexity index is 381. The Labute approximate surface area is 99.2 Å². The highest BCUT2D eigenvalue weighted by molar-refractivity contribution is 6.30. The fourth-order valence-corrected chi connectivity index (χ4v) is 2.19. The standard InChI is InChI=1S/C12H15ClFNO/c13-8-4-5-9(10(14)6-8)11(15)12(16)7-2-1-3-7/h4-7,11-12,16H,1-3,15H2/t11-,12+/m0/s1. The van der Waals surface area contributed by atoms with E-state index in [0.717, 1.165) is 19.3 Å². The zero-order valence-corrected chi connectivity index (χ0v) is 9.62. The Morgan fingerprint density at radius 2 is 2.12 bits per heavy atom. The number of nitrogens with two attached hydrogens (primary N) is 1. The summed E-state index contributed by atoms with van der Waals surface area (Å²) in [7, 11) is 0. The molecule has 2 atom stereocenters. The molecule has 0 radical (unpaired) electrons. The second-order valence-electron chi connectivity index (χ2n) is 4.37. The van der Waals surface area contributed by atoms with Gasteiger partial charge in [0.1, 0.15) is 5.82 Å². The molecule has 3 N–H and O–H groups in total. The third-order valence-electron chi connectivity index (χ3n) is 3.32. The molecule has 1 aromatic rings. The summed E-state index contributed by atoms with van der Waals surface area (Å²) in [5.74, 6) is -0.233. The molecule has 0 heterocycles. The Morgan fingerprint density at radius 3 is 2.62 bits per heavy atom. The maximum atomic E-state index is 13.6. The molecule has 0 spiro atoms. The molecule has 2 rings (SSSR count). The van der Waals surface area contributed by atoms with E-state index in [1.165, 1.54) is 6.07 Å². The van der Waals surface area contributed by atoms with Crippen LogP contribution in [0.5, 0.6) is 0 Å². The molecule has 0 aromatic heterocycles. The van der Waals surface area contributed by atoms with Gasteiger partial charge in [0.2, 0.25) is 0 Å². The molecule has 1 aliphatic carbocycles. The van der Waals surface area contributed by atoms with Crippen molar-refractivity contribution in [3.05, 3.63) is 34.6 Å². The van der Waals surface area contributed by atoms with Crippen LogP contribution in [0.1, 0.15) is 30.9 Å². The number of aliphatic hydroxyl groups excluding tert-OH is 1. The van der Waals surface area contributed by atoms with E-state index in [2.05, 4.69) is 0 Å². The number of halogens is 2. The van der Waals surface area contributed by atoms with Crippen LogP contribution in [0, 0.1) is 11.7 Å². The van der Waals surface area contributed by atoms with E-state index in [1.807, 2.05) is 0 Å². The van der Waals surface area contributed by atoms with Crippen LogP contribution >= 0.6 is 11.6 Å². The molecule has 16 heavy (non-hydrogen) atoms. The smallest absolute Gasteiger partial charge is 0.129 e. The van der Waals surface area contributed by atoms with Gasteiger partial charge in [0.15, 0.2) is 0 Å². The van der Waals surface area contributed by atoms with Gasteiger partial charge in [-0.05, 0) is 30.9 Å². The average molecular weight is 244 g/mol. The Kier molecular flexibility index (Phi) is 3.47. The number of benzene rings is 1.